The molecular weight excluding hydrogens is 282 g/mol. The molecule has 0 aliphatic carbocycles. The fourth-order valence-corrected chi connectivity index (χ4v) is 2.92. The van der Waals surface area contributed by atoms with Crippen LogP contribution in [0.3, 0.4) is 0 Å². The number of amides is 1. The first kappa shape index (κ1) is 15.4. The molecule has 1 N–H and O–H groups in total. The van der Waals surface area contributed by atoms with Crippen molar-refractivity contribution in [3.63, 3.8) is 0 Å². The van der Waals surface area contributed by atoms with Gasteiger partial charge in [-0.15, -0.1) is 11.8 Å². The van der Waals surface area contributed by atoms with Crippen molar-refractivity contribution in [3.8, 4) is 5.75 Å². The number of para-hydroxylation sites is 2. The van der Waals surface area contributed by atoms with E-state index >= 15 is 0 Å². The Morgan fingerprint density at radius 3 is 2.48 bits per heavy atom. The molecular formula is C17H19NO2S. The van der Waals surface area contributed by atoms with Gasteiger partial charge in [-0.3, -0.25) is 4.79 Å². The fraction of sp³-hybridized carbons (Fsp3) is 0.235. The molecule has 0 bridgehead atoms. The average Bonchev–Trinajstić information content (AvgIpc) is 2.54. The highest BCUT2D eigenvalue weighted by atomic mass is 32.2. The van der Waals surface area contributed by atoms with Gasteiger partial charge in [0.05, 0.1) is 18.0 Å². The lowest BCUT2D eigenvalue weighted by Crippen LogP contribution is -2.24. The van der Waals surface area contributed by atoms with Gasteiger partial charge in [-0.05, 0) is 30.7 Å². The number of rotatable bonds is 6. The largest absolute Gasteiger partial charge is 0.495 e. The van der Waals surface area contributed by atoms with E-state index in [4.69, 9.17) is 4.74 Å². The molecule has 2 aromatic carbocycles. The van der Waals surface area contributed by atoms with E-state index < -0.39 is 0 Å². The van der Waals surface area contributed by atoms with E-state index in [9.17, 15) is 4.79 Å². The Morgan fingerprint density at radius 1 is 1.14 bits per heavy atom. The van der Waals surface area contributed by atoms with Crippen molar-refractivity contribution in [2.24, 2.45) is 0 Å². The maximum absolute atomic E-state index is 12.4. The summed E-state index contributed by atoms with van der Waals surface area (Å²) < 4.78 is 5.26. The molecule has 0 spiro atoms. The van der Waals surface area contributed by atoms with Gasteiger partial charge in [0.1, 0.15) is 5.75 Å². The van der Waals surface area contributed by atoms with E-state index in [1.165, 1.54) is 0 Å². The third-order valence-electron chi connectivity index (χ3n) is 3.05. The highest BCUT2D eigenvalue weighted by Gasteiger charge is 2.19. The second-order valence-corrected chi connectivity index (χ2v) is 5.79. The molecule has 0 saturated carbocycles. The molecule has 0 radical (unpaired) electrons. The summed E-state index contributed by atoms with van der Waals surface area (Å²) in [6.07, 6.45) is 0.764. The van der Waals surface area contributed by atoms with Gasteiger partial charge in [-0.2, -0.15) is 0 Å². The third-order valence-corrected chi connectivity index (χ3v) is 4.43. The van der Waals surface area contributed by atoms with E-state index in [0.717, 1.165) is 11.3 Å². The van der Waals surface area contributed by atoms with Crippen molar-refractivity contribution < 1.29 is 9.53 Å². The Labute approximate surface area is 129 Å². The summed E-state index contributed by atoms with van der Waals surface area (Å²) in [7, 11) is 1.60. The SMILES string of the molecule is CCC(Sc1ccccc1)C(=O)Nc1ccccc1OC. The number of methoxy groups -OCH3 is 1. The molecule has 0 heterocycles. The first-order chi connectivity index (χ1) is 10.2. The van der Waals surface area contributed by atoms with Crippen LogP contribution in [0.1, 0.15) is 13.3 Å². The summed E-state index contributed by atoms with van der Waals surface area (Å²) in [5.41, 5.74) is 0.706. The summed E-state index contributed by atoms with van der Waals surface area (Å²) in [5, 5.41) is 2.82. The van der Waals surface area contributed by atoms with Crippen molar-refractivity contribution in [3.05, 3.63) is 54.6 Å². The van der Waals surface area contributed by atoms with Gasteiger partial charge in [-0.25, -0.2) is 0 Å². The Hall–Kier alpha value is -1.94. The predicted molar refractivity (Wildman–Crippen MR) is 88.0 cm³/mol. The van der Waals surface area contributed by atoms with Crippen LogP contribution in [0.25, 0.3) is 0 Å². The molecule has 1 atom stereocenters. The van der Waals surface area contributed by atoms with Crippen LogP contribution in [0, 0.1) is 0 Å². The molecule has 1 amide bonds. The minimum Gasteiger partial charge on any atom is -0.495 e. The maximum atomic E-state index is 12.4. The van der Waals surface area contributed by atoms with Crippen molar-refractivity contribution in [1.29, 1.82) is 0 Å². The van der Waals surface area contributed by atoms with Crippen LogP contribution in [0.15, 0.2) is 59.5 Å². The van der Waals surface area contributed by atoms with Gasteiger partial charge >= 0.3 is 0 Å². The maximum Gasteiger partial charge on any atom is 0.237 e. The fourth-order valence-electron chi connectivity index (χ4n) is 1.95. The highest BCUT2D eigenvalue weighted by Crippen LogP contribution is 2.28. The van der Waals surface area contributed by atoms with Crippen LogP contribution in [0.4, 0.5) is 5.69 Å². The van der Waals surface area contributed by atoms with E-state index in [1.807, 2.05) is 61.5 Å². The number of carbonyl (C=O) groups is 1. The minimum absolute atomic E-state index is 0.00384. The first-order valence-corrected chi connectivity index (χ1v) is 7.78. The molecule has 2 rings (SSSR count). The Bertz CT molecular complexity index is 586. The quantitative estimate of drug-likeness (QED) is 0.812. The van der Waals surface area contributed by atoms with Gasteiger partial charge in [0, 0.05) is 4.90 Å². The summed E-state index contributed by atoms with van der Waals surface area (Å²) in [5.74, 6) is 0.668. The molecule has 0 aromatic heterocycles. The minimum atomic E-state index is -0.127. The number of carbonyl (C=O) groups excluding carboxylic acids is 1. The van der Waals surface area contributed by atoms with Crippen molar-refractivity contribution in [1.82, 2.24) is 0 Å². The van der Waals surface area contributed by atoms with E-state index in [-0.39, 0.29) is 11.2 Å². The van der Waals surface area contributed by atoms with Crippen LogP contribution in [0.5, 0.6) is 5.75 Å². The van der Waals surface area contributed by atoms with Gasteiger partial charge in [0.25, 0.3) is 0 Å². The summed E-state index contributed by atoms with van der Waals surface area (Å²) in [6.45, 7) is 2.02. The summed E-state index contributed by atoms with van der Waals surface area (Å²) in [4.78, 5) is 13.5. The van der Waals surface area contributed by atoms with Crippen molar-refractivity contribution in [2.75, 3.05) is 12.4 Å². The second-order valence-electron chi connectivity index (χ2n) is 4.52. The highest BCUT2D eigenvalue weighted by molar-refractivity contribution is 8.00. The topological polar surface area (TPSA) is 38.3 Å². The number of benzene rings is 2. The number of hydrogen-bond acceptors (Lipinski definition) is 3. The molecule has 3 nitrogen and oxygen atoms in total. The number of thioether (sulfide) groups is 1. The molecule has 2 aromatic rings. The lowest BCUT2D eigenvalue weighted by atomic mass is 10.2. The molecule has 0 aliphatic rings. The summed E-state index contributed by atoms with van der Waals surface area (Å²) >= 11 is 1.58. The normalized spacial score (nSPS) is 11.7. The second kappa shape index (κ2) is 7.74. The number of nitrogens with one attached hydrogen (secondary N) is 1. The van der Waals surface area contributed by atoms with E-state index in [2.05, 4.69) is 5.32 Å². The zero-order valence-electron chi connectivity index (χ0n) is 12.2. The van der Waals surface area contributed by atoms with Crippen LogP contribution < -0.4 is 10.1 Å². The van der Waals surface area contributed by atoms with Gasteiger partial charge in [0.15, 0.2) is 0 Å². The van der Waals surface area contributed by atoms with Crippen molar-refractivity contribution in [2.45, 2.75) is 23.5 Å². The van der Waals surface area contributed by atoms with Crippen LogP contribution in [-0.4, -0.2) is 18.3 Å². The number of ether oxygens (including phenoxy) is 1. The van der Waals surface area contributed by atoms with E-state index in [0.29, 0.717) is 11.4 Å². The monoisotopic (exact) mass is 301 g/mol. The third kappa shape index (κ3) is 4.26. The molecule has 4 heteroatoms. The lowest BCUT2D eigenvalue weighted by molar-refractivity contribution is -0.115. The Kier molecular flexibility index (Phi) is 5.69. The summed E-state index contributed by atoms with van der Waals surface area (Å²) in [6, 6.07) is 17.4. The molecule has 1 unspecified atom stereocenters. The first-order valence-electron chi connectivity index (χ1n) is 6.90. The van der Waals surface area contributed by atoms with Crippen LogP contribution in [0.2, 0.25) is 0 Å². The molecule has 21 heavy (non-hydrogen) atoms. The lowest BCUT2D eigenvalue weighted by Gasteiger charge is -2.16. The molecule has 110 valence electrons. The predicted octanol–water partition coefficient (Wildman–Crippen LogP) is 4.20. The smallest absolute Gasteiger partial charge is 0.237 e. The van der Waals surface area contributed by atoms with E-state index in [1.54, 1.807) is 18.9 Å². The van der Waals surface area contributed by atoms with Gasteiger partial charge < -0.3 is 10.1 Å². The zero-order chi connectivity index (χ0) is 15.1. The van der Waals surface area contributed by atoms with Gasteiger partial charge in [0.2, 0.25) is 5.91 Å². The number of anilines is 1. The number of hydrogen-bond donors (Lipinski definition) is 1. The van der Waals surface area contributed by atoms with Crippen LogP contribution in [-0.2, 0) is 4.79 Å². The van der Waals surface area contributed by atoms with Crippen LogP contribution >= 0.6 is 11.8 Å². The average molecular weight is 301 g/mol. The standard InChI is InChI=1S/C17H19NO2S/c1-3-16(21-13-9-5-4-6-10-13)17(19)18-14-11-7-8-12-15(14)20-2/h4-12,16H,3H2,1-2H3,(H,18,19). The Morgan fingerprint density at radius 2 is 1.81 bits per heavy atom. The Balaban J connectivity index is 2.06. The zero-order valence-corrected chi connectivity index (χ0v) is 13.0. The molecule has 0 saturated heterocycles. The van der Waals surface area contributed by atoms with Gasteiger partial charge in [-0.1, -0.05) is 37.3 Å². The molecule has 0 fully saturated rings. The van der Waals surface area contributed by atoms with Crippen molar-refractivity contribution >= 4 is 23.4 Å². The molecule has 0 aliphatic heterocycles.